The standard InChI is InChI=1S/C28H24N2O5S/c31-25(30(23-11-5-2-6-12-23)17-20-8-3-1-4-9-20)18-35-24-13-7-10-21(16-24)27(32)29-26(28(33)34)22-14-15-36-19-22/h1-16,19,26H,17-18H2,(H,29,32)(H,33,34). The number of thiophene rings is 1. The van der Waals surface area contributed by atoms with Gasteiger partial charge in [0.15, 0.2) is 12.6 Å². The van der Waals surface area contributed by atoms with E-state index in [0.717, 1.165) is 11.3 Å². The summed E-state index contributed by atoms with van der Waals surface area (Å²) in [6.07, 6.45) is 0. The second-order valence-corrected chi connectivity index (χ2v) is 8.70. The summed E-state index contributed by atoms with van der Waals surface area (Å²) in [5.41, 5.74) is 2.45. The smallest absolute Gasteiger partial charge is 0.330 e. The summed E-state index contributed by atoms with van der Waals surface area (Å²) in [7, 11) is 0. The quantitative estimate of drug-likeness (QED) is 0.322. The molecule has 0 aliphatic carbocycles. The van der Waals surface area contributed by atoms with Crippen LogP contribution >= 0.6 is 11.3 Å². The van der Waals surface area contributed by atoms with Crippen LogP contribution in [-0.4, -0.2) is 29.5 Å². The minimum Gasteiger partial charge on any atom is -0.484 e. The summed E-state index contributed by atoms with van der Waals surface area (Å²) in [5.74, 6) is -1.63. The Hall–Kier alpha value is -4.43. The first kappa shape index (κ1) is 24.7. The number of carboxylic acids is 1. The Kier molecular flexibility index (Phi) is 8.10. The third-order valence-electron chi connectivity index (χ3n) is 5.41. The number of ether oxygens (including phenoxy) is 1. The fourth-order valence-electron chi connectivity index (χ4n) is 3.59. The van der Waals surface area contributed by atoms with E-state index in [2.05, 4.69) is 5.32 Å². The van der Waals surface area contributed by atoms with Gasteiger partial charge in [-0.2, -0.15) is 11.3 Å². The van der Waals surface area contributed by atoms with Crippen molar-refractivity contribution in [3.8, 4) is 5.75 Å². The van der Waals surface area contributed by atoms with Crippen LogP contribution in [0.3, 0.4) is 0 Å². The number of aliphatic carboxylic acids is 1. The van der Waals surface area contributed by atoms with Crippen molar-refractivity contribution in [3.05, 3.63) is 118 Å². The molecule has 4 aromatic rings. The first-order valence-electron chi connectivity index (χ1n) is 11.2. The van der Waals surface area contributed by atoms with Gasteiger partial charge in [0.25, 0.3) is 11.8 Å². The zero-order valence-corrected chi connectivity index (χ0v) is 20.1. The molecular weight excluding hydrogens is 476 g/mol. The lowest BCUT2D eigenvalue weighted by Gasteiger charge is -2.23. The van der Waals surface area contributed by atoms with E-state index in [4.69, 9.17) is 4.74 Å². The van der Waals surface area contributed by atoms with Crippen LogP contribution in [0.15, 0.2) is 102 Å². The molecule has 0 saturated carbocycles. The summed E-state index contributed by atoms with van der Waals surface area (Å²) in [6, 6.07) is 25.8. The van der Waals surface area contributed by atoms with E-state index in [1.165, 1.54) is 17.4 Å². The van der Waals surface area contributed by atoms with Crippen LogP contribution in [0.5, 0.6) is 5.75 Å². The Morgan fingerprint density at radius 2 is 1.64 bits per heavy atom. The number of carbonyl (C=O) groups excluding carboxylic acids is 2. The SMILES string of the molecule is O=C(NC(C(=O)O)c1ccsc1)c1cccc(OCC(=O)N(Cc2ccccc2)c2ccccc2)c1. The van der Waals surface area contributed by atoms with Gasteiger partial charge in [-0.15, -0.1) is 0 Å². The second-order valence-electron chi connectivity index (χ2n) is 7.92. The third-order valence-corrected chi connectivity index (χ3v) is 6.11. The topological polar surface area (TPSA) is 95.9 Å². The molecule has 0 spiro atoms. The van der Waals surface area contributed by atoms with Crippen molar-refractivity contribution in [2.45, 2.75) is 12.6 Å². The number of hydrogen-bond donors (Lipinski definition) is 2. The first-order chi connectivity index (χ1) is 17.5. The average molecular weight is 501 g/mol. The van der Waals surface area contributed by atoms with Gasteiger partial charge in [0, 0.05) is 11.3 Å². The van der Waals surface area contributed by atoms with E-state index in [9.17, 15) is 19.5 Å². The number of carbonyl (C=O) groups is 3. The second kappa shape index (κ2) is 11.8. The average Bonchev–Trinajstić information content (AvgIpc) is 3.44. The predicted molar refractivity (Wildman–Crippen MR) is 138 cm³/mol. The maximum absolute atomic E-state index is 13.1. The van der Waals surface area contributed by atoms with Crippen LogP contribution < -0.4 is 15.0 Å². The summed E-state index contributed by atoms with van der Waals surface area (Å²) in [6.45, 7) is 0.147. The number of rotatable bonds is 10. The summed E-state index contributed by atoms with van der Waals surface area (Å²) < 4.78 is 5.74. The highest BCUT2D eigenvalue weighted by Gasteiger charge is 2.23. The van der Waals surface area contributed by atoms with Crippen LogP contribution in [0.2, 0.25) is 0 Å². The van der Waals surface area contributed by atoms with Crippen molar-refractivity contribution in [2.24, 2.45) is 0 Å². The van der Waals surface area contributed by atoms with Gasteiger partial charge in [0.1, 0.15) is 5.75 Å². The third kappa shape index (κ3) is 6.37. The fraction of sp³-hybridized carbons (Fsp3) is 0.107. The molecule has 3 aromatic carbocycles. The highest BCUT2D eigenvalue weighted by molar-refractivity contribution is 7.08. The molecule has 0 saturated heterocycles. The molecule has 4 rings (SSSR count). The lowest BCUT2D eigenvalue weighted by molar-refractivity contribution is -0.139. The van der Waals surface area contributed by atoms with Crippen LogP contribution in [0.1, 0.15) is 27.5 Å². The molecule has 36 heavy (non-hydrogen) atoms. The summed E-state index contributed by atoms with van der Waals surface area (Å²) in [5, 5.41) is 15.5. The van der Waals surface area contributed by atoms with E-state index in [-0.39, 0.29) is 18.1 Å². The zero-order valence-electron chi connectivity index (χ0n) is 19.2. The maximum Gasteiger partial charge on any atom is 0.330 e. The minimum absolute atomic E-state index is 0.227. The molecule has 1 atom stereocenters. The normalized spacial score (nSPS) is 11.3. The highest BCUT2D eigenvalue weighted by Crippen LogP contribution is 2.20. The summed E-state index contributed by atoms with van der Waals surface area (Å²) in [4.78, 5) is 39.2. The van der Waals surface area contributed by atoms with Gasteiger partial charge >= 0.3 is 5.97 Å². The molecule has 0 bridgehead atoms. The molecule has 0 radical (unpaired) electrons. The molecule has 8 heteroatoms. The van der Waals surface area contributed by atoms with Gasteiger partial charge in [-0.25, -0.2) is 4.79 Å². The molecule has 182 valence electrons. The molecule has 2 N–H and O–H groups in total. The molecule has 2 amide bonds. The number of amides is 2. The van der Waals surface area contributed by atoms with Gasteiger partial charge in [0.05, 0.1) is 6.54 Å². The molecular formula is C28H24N2O5S. The molecule has 0 fully saturated rings. The number of para-hydroxylation sites is 1. The van der Waals surface area contributed by atoms with Crippen molar-refractivity contribution in [1.82, 2.24) is 5.32 Å². The number of hydrogen-bond acceptors (Lipinski definition) is 5. The number of anilines is 1. The molecule has 1 unspecified atom stereocenters. The van der Waals surface area contributed by atoms with Crippen LogP contribution in [0.4, 0.5) is 5.69 Å². The Bertz CT molecular complexity index is 1310. The van der Waals surface area contributed by atoms with Crippen LogP contribution in [-0.2, 0) is 16.1 Å². The van der Waals surface area contributed by atoms with E-state index < -0.39 is 17.9 Å². The molecule has 0 aliphatic rings. The van der Waals surface area contributed by atoms with Gasteiger partial charge in [-0.05, 0) is 58.3 Å². The molecule has 1 heterocycles. The van der Waals surface area contributed by atoms with Crippen molar-refractivity contribution in [2.75, 3.05) is 11.5 Å². The fourth-order valence-corrected chi connectivity index (χ4v) is 4.27. The van der Waals surface area contributed by atoms with Crippen LogP contribution in [0, 0.1) is 0 Å². The first-order valence-corrected chi connectivity index (χ1v) is 12.1. The van der Waals surface area contributed by atoms with E-state index in [0.29, 0.717) is 17.9 Å². The van der Waals surface area contributed by atoms with Gasteiger partial charge in [0.2, 0.25) is 0 Å². The highest BCUT2D eigenvalue weighted by atomic mass is 32.1. The number of benzene rings is 3. The summed E-state index contributed by atoms with van der Waals surface area (Å²) >= 11 is 1.35. The number of nitrogens with one attached hydrogen (secondary N) is 1. The largest absolute Gasteiger partial charge is 0.484 e. The maximum atomic E-state index is 13.1. The van der Waals surface area contributed by atoms with Crippen LogP contribution in [0.25, 0.3) is 0 Å². The lowest BCUT2D eigenvalue weighted by atomic mass is 10.1. The monoisotopic (exact) mass is 500 g/mol. The zero-order chi connectivity index (χ0) is 25.3. The predicted octanol–water partition coefficient (Wildman–Crippen LogP) is 4.92. The Morgan fingerprint density at radius 3 is 2.31 bits per heavy atom. The lowest BCUT2D eigenvalue weighted by Crippen LogP contribution is -2.34. The van der Waals surface area contributed by atoms with E-state index in [1.54, 1.807) is 39.9 Å². The number of nitrogens with zero attached hydrogens (tertiary/aromatic N) is 1. The Balaban J connectivity index is 1.44. The number of carboxylic acid groups (broad SMARTS) is 1. The Labute approximate surface area is 212 Å². The van der Waals surface area contributed by atoms with Gasteiger partial charge < -0.3 is 20.1 Å². The molecule has 7 nitrogen and oxygen atoms in total. The minimum atomic E-state index is -1.16. The van der Waals surface area contributed by atoms with E-state index >= 15 is 0 Å². The van der Waals surface area contributed by atoms with Crippen molar-refractivity contribution in [1.29, 1.82) is 0 Å². The van der Waals surface area contributed by atoms with Crippen molar-refractivity contribution in [3.63, 3.8) is 0 Å². The molecule has 1 aromatic heterocycles. The van der Waals surface area contributed by atoms with Crippen molar-refractivity contribution >= 4 is 34.8 Å². The Morgan fingerprint density at radius 1 is 0.917 bits per heavy atom. The molecule has 0 aliphatic heterocycles. The van der Waals surface area contributed by atoms with Crippen molar-refractivity contribution < 1.29 is 24.2 Å². The van der Waals surface area contributed by atoms with Gasteiger partial charge in [-0.1, -0.05) is 54.6 Å². The van der Waals surface area contributed by atoms with Gasteiger partial charge in [-0.3, -0.25) is 9.59 Å². The van der Waals surface area contributed by atoms with E-state index in [1.807, 2.05) is 60.7 Å².